The van der Waals surface area contributed by atoms with E-state index in [0.29, 0.717) is 5.92 Å². The third-order valence-corrected chi connectivity index (χ3v) is 8.61. The van der Waals surface area contributed by atoms with Crippen LogP contribution in [0.3, 0.4) is 0 Å². The molecule has 1 aliphatic rings. The van der Waals surface area contributed by atoms with Crippen molar-refractivity contribution in [2.24, 2.45) is 11.7 Å². The van der Waals surface area contributed by atoms with Gasteiger partial charge in [0.25, 0.3) is 0 Å². The van der Waals surface area contributed by atoms with Crippen molar-refractivity contribution < 1.29 is 5.11 Å². The van der Waals surface area contributed by atoms with Gasteiger partial charge in [-0.3, -0.25) is 0 Å². The summed E-state index contributed by atoms with van der Waals surface area (Å²) in [6.07, 6.45) is 11.9. The number of aryl methyl sites for hydroxylation is 1. The molecule has 2 aromatic heterocycles. The second kappa shape index (κ2) is 10.4. The number of para-hydroxylation sites is 2. The first-order chi connectivity index (χ1) is 16.2. The van der Waals surface area contributed by atoms with Crippen molar-refractivity contribution in [1.82, 2.24) is 9.55 Å². The van der Waals surface area contributed by atoms with E-state index in [0.717, 1.165) is 28.9 Å². The van der Waals surface area contributed by atoms with Gasteiger partial charge in [0.05, 0.1) is 21.3 Å². The van der Waals surface area contributed by atoms with Crippen LogP contribution in [0.15, 0.2) is 54.7 Å². The van der Waals surface area contributed by atoms with E-state index in [4.69, 9.17) is 10.7 Å². The highest BCUT2D eigenvalue weighted by Gasteiger charge is 2.22. The van der Waals surface area contributed by atoms with Crippen LogP contribution in [0.4, 0.5) is 0 Å². The smallest absolute Gasteiger partial charge is 0.0969 e. The van der Waals surface area contributed by atoms with Gasteiger partial charge in [-0.2, -0.15) is 0 Å². The predicted octanol–water partition coefficient (Wildman–Crippen LogP) is 6.78. The molecular formula is C28H35N3OS. The van der Waals surface area contributed by atoms with Gasteiger partial charge in [-0.05, 0) is 49.8 Å². The van der Waals surface area contributed by atoms with Gasteiger partial charge >= 0.3 is 0 Å². The third-order valence-electron chi connectivity index (χ3n) is 7.41. The molecule has 0 aliphatic heterocycles. The maximum absolute atomic E-state index is 10.3. The molecule has 174 valence electrons. The number of nitrogens with zero attached hydrogens (tertiary/aromatic N) is 2. The number of hydrogen-bond donors (Lipinski definition) is 2. The normalized spacial score (nSPS) is 20.3. The lowest BCUT2D eigenvalue weighted by Gasteiger charge is -2.14. The molecular weight excluding hydrogens is 426 g/mol. The molecule has 2 aromatic carbocycles. The molecule has 0 amide bonds. The fraction of sp³-hybridized carbons (Fsp3) is 0.464. The Labute approximate surface area is 200 Å². The summed E-state index contributed by atoms with van der Waals surface area (Å²) < 4.78 is 3.63. The second-order valence-electron chi connectivity index (χ2n) is 9.63. The summed E-state index contributed by atoms with van der Waals surface area (Å²) in [5.41, 5.74) is 9.05. The lowest BCUT2D eigenvalue weighted by Crippen LogP contribution is -2.11. The molecule has 1 aliphatic carbocycles. The topological polar surface area (TPSA) is 64.1 Å². The zero-order valence-electron chi connectivity index (χ0n) is 19.3. The Kier molecular flexibility index (Phi) is 7.10. The largest absolute Gasteiger partial charge is 0.387 e. The Balaban J connectivity index is 1.14. The SMILES string of the molecule is NCC(O)c1cn(CCCCC2CCC[C@H](c3nc4ccccc4s3)CC2)c2ccccc12. The highest BCUT2D eigenvalue weighted by atomic mass is 32.1. The number of hydrogen-bond acceptors (Lipinski definition) is 4. The molecule has 4 nitrogen and oxygen atoms in total. The monoisotopic (exact) mass is 461 g/mol. The minimum atomic E-state index is -0.592. The zero-order valence-corrected chi connectivity index (χ0v) is 20.1. The van der Waals surface area contributed by atoms with Crippen LogP contribution in [0.5, 0.6) is 0 Å². The average Bonchev–Trinajstić information content (AvgIpc) is 3.36. The van der Waals surface area contributed by atoms with Crippen LogP contribution in [-0.4, -0.2) is 21.2 Å². The van der Waals surface area contributed by atoms with Crippen LogP contribution in [0.25, 0.3) is 21.1 Å². The first-order valence-corrected chi connectivity index (χ1v) is 13.4. The van der Waals surface area contributed by atoms with Gasteiger partial charge in [-0.25, -0.2) is 4.98 Å². The molecule has 3 atom stereocenters. The molecule has 4 aromatic rings. The van der Waals surface area contributed by atoms with Crippen LogP contribution in [0.1, 0.15) is 74.0 Å². The molecule has 0 spiro atoms. The molecule has 0 saturated heterocycles. The number of nitrogens with two attached hydrogens (primary N) is 1. The van der Waals surface area contributed by atoms with Gasteiger partial charge in [0.1, 0.15) is 0 Å². The van der Waals surface area contributed by atoms with E-state index in [-0.39, 0.29) is 6.54 Å². The Hall–Kier alpha value is -2.21. The number of unbranched alkanes of at least 4 members (excludes halogenated alkanes) is 1. The average molecular weight is 462 g/mol. The van der Waals surface area contributed by atoms with E-state index >= 15 is 0 Å². The summed E-state index contributed by atoms with van der Waals surface area (Å²) in [6.45, 7) is 1.26. The van der Waals surface area contributed by atoms with Crippen LogP contribution < -0.4 is 5.73 Å². The van der Waals surface area contributed by atoms with Crippen molar-refractivity contribution >= 4 is 32.5 Å². The molecule has 0 radical (unpaired) electrons. The van der Waals surface area contributed by atoms with E-state index in [1.807, 2.05) is 17.4 Å². The maximum Gasteiger partial charge on any atom is 0.0969 e. The molecule has 3 N–H and O–H groups in total. The van der Waals surface area contributed by atoms with E-state index in [9.17, 15) is 5.11 Å². The van der Waals surface area contributed by atoms with Crippen LogP contribution in [0, 0.1) is 5.92 Å². The van der Waals surface area contributed by atoms with Crippen LogP contribution in [0.2, 0.25) is 0 Å². The number of aliphatic hydroxyl groups excluding tert-OH is 1. The van der Waals surface area contributed by atoms with Gasteiger partial charge in [-0.15, -0.1) is 11.3 Å². The highest BCUT2D eigenvalue weighted by Crippen LogP contribution is 2.38. The van der Waals surface area contributed by atoms with E-state index < -0.39 is 6.10 Å². The Bertz CT molecular complexity index is 1160. The summed E-state index contributed by atoms with van der Waals surface area (Å²) in [6, 6.07) is 16.9. The number of aromatic nitrogens is 2. The van der Waals surface area contributed by atoms with Gasteiger partial charge < -0.3 is 15.4 Å². The Morgan fingerprint density at radius 3 is 2.76 bits per heavy atom. The summed E-state index contributed by atoms with van der Waals surface area (Å²) in [5.74, 6) is 1.49. The van der Waals surface area contributed by atoms with Crippen molar-refractivity contribution in [3.8, 4) is 0 Å². The van der Waals surface area contributed by atoms with Gasteiger partial charge in [0, 0.05) is 41.7 Å². The number of benzene rings is 2. The number of aliphatic hydroxyl groups is 1. The minimum Gasteiger partial charge on any atom is -0.387 e. The lowest BCUT2D eigenvalue weighted by molar-refractivity contribution is 0.188. The second-order valence-corrected chi connectivity index (χ2v) is 10.7. The first kappa shape index (κ1) is 22.6. The maximum atomic E-state index is 10.3. The minimum absolute atomic E-state index is 0.258. The van der Waals surface area contributed by atoms with Crippen LogP contribution >= 0.6 is 11.3 Å². The molecule has 2 unspecified atom stereocenters. The Morgan fingerprint density at radius 1 is 1.03 bits per heavy atom. The van der Waals surface area contributed by atoms with Crippen molar-refractivity contribution in [3.05, 3.63) is 65.3 Å². The van der Waals surface area contributed by atoms with Gasteiger partial charge in [-0.1, -0.05) is 56.0 Å². The molecule has 33 heavy (non-hydrogen) atoms. The molecule has 1 saturated carbocycles. The van der Waals surface area contributed by atoms with Crippen LogP contribution in [-0.2, 0) is 6.54 Å². The van der Waals surface area contributed by atoms with Crippen molar-refractivity contribution in [2.75, 3.05) is 6.54 Å². The fourth-order valence-electron chi connectivity index (χ4n) is 5.55. The first-order valence-electron chi connectivity index (χ1n) is 12.5. The highest BCUT2D eigenvalue weighted by molar-refractivity contribution is 7.18. The third kappa shape index (κ3) is 5.01. The summed E-state index contributed by atoms with van der Waals surface area (Å²) >= 11 is 1.90. The fourth-order valence-corrected chi connectivity index (χ4v) is 6.68. The quantitative estimate of drug-likeness (QED) is 0.225. The number of rotatable bonds is 8. The Morgan fingerprint density at radius 2 is 1.88 bits per heavy atom. The summed E-state index contributed by atoms with van der Waals surface area (Å²) in [4.78, 5) is 4.95. The summed E-state index contributed by atoms with van der Waals surface area (Å²) in [5, 5.41) is 12.8. The van der Waals surface area contributed by atoms with Crippen molar-refractivity contribution in [1.29, 1.82) is 0 Å². The van der Waals surface area contributed by atoms with Gasteiger partial charge in [0.15, 0.2) is 0 Å². The summed E-state index contributed by atoms with van der Waals surface area (Å²) in [7, 11) is 0. The predicted molar refractivity (Wildman–Crippen MR) is 139 cm³/mol. The van der Waals surface area contributed by atoms with E-state index in [1.165, 1.54) is 66.6 Å². The zero-order chi connectivity index (χ0) is 22.6. The lowest BCUT2D eigenvalue weighted by atomic mass is 9.93. The van der Waals surface area contributed by atoms with Crippen molar-refractivity contribution in [2.45, 2.75) is 69.9 Å². The van der Waals surface area contributed by atoms with Gasteiger partial charge in [0.2, 0.25) is 0 Å². The van der Waals surface area contributed by atoms with E-state index in [1.54, 1.807) is 0 Å². The van der Waals surface area contributed by atoms with E-state index in [2.05, 4.69) is 53.2 Å². The number of fused-ring (bicyclic) bond motifs is 2. The van der Waals surface area contributed by atoms with Crippen molar-refractivity contribution in [3.63, 3.8) is 0 Å². The molecule has 0 bridgehead atoms. The molecule has 2 heterocycles. The molecule has 1 fully saturated rings. The molecule has 5 rings (SSSR count). The standard InChI is InChI=1S/C28H35N3OS/c29-18-26(32)23-19-31(25-13-3-1-11-22(23)25)17-6-5-8-20-9-7-10-21(16-15-20)28-30-24-12-2-4-14-27(24)33-28/h1-4,11-14,19-21,26,32H,5-10,15-18,29H2/t20?,21-,26?/m0/s1. The number of thiazole rings is 1. The molecule has 5 heteroatoms.